The van der Waals surface area contributed by atoms with Crippen molar-refractivity contribution < 1.29 is 19.2 Å². The minimum atomic E-state index is -0.930. The number of aryl methyl sites for hydroxylation is 1. The topological polar surface area (TPSA) is 92.4 Å². The van der Waals surface area contributed by atoms with Crippen LogP contribution in [-0.4, -0.2) is 28.2 Å². The molecular weight excluding hydrogens is 224 g/mol. The monoisotopic (exact) mass is 240 g/mol. The number of nitrogens with one attached hydrogen (secondary N) is 1. The van der Waals surface area contributed by atoms with Gasteiger partial charge in [-0.25, -0.2) is 0 Å². The quantitative estimate of drug-likeness (QED) is 0.783. The van der Waals surface area contributed by atoms with Crippen molar-refractivity contribution in [2.45, 2.75) is 39.2 Å². The molecule has 17 heavy (non-hydrogen) atoms. The van der Waals surface area contributed by atoms with E-state index in [0.29, 0.717) is 12.2 Å². The predicted octanol–water partition coefficient (Wildman–Crippen LogP) is 1.36. The first-order chi connectivity index (χ1) is 8.02. The summed E-state index contributed by atoms with van der Waals surface area (Å²) < 4.78 is 4.78. The summed E-state index contributed by atoms with van der Waals surface area (Å²) in [6.07, 6.45) is 1.33. The van der Waals surface area contributed by atoms with Crippen molar-refractivity contribution in [2.75, 3.05) is 0 Å². The van der Waals surface area contributed by atoms with Gasteiger partial charge in [0.1, 0.15) is 5.76 Å². The van der Waals surface area contributed by atoms with E-state index in [0.717, 1.165) is 6.42 Å². The zero-order valence-corrected chi connectivity index (χ0v) is 9.90. The van der Waals surface area contributed by atoms with Crippen LogP contribution in [-0.2, 0) is 4.79 Å². The first kappa shape index (κ1) is 13.2. The third kappa shape index (κ3) is 4.26. The van der Waals surface area contributed by atoms with Gasteiger partial charge in [-0.3, -0.25) is 9.59 Å². The molecule has 1 heterocycles. The first-order valence-electron chi connectivity index (χ1n) is 5.49. The number of carbonyl (C=O) groups excluding carboxylic acids is 1. The smallest absolute Gasteiger partial charge is 0.305 e. The van der Waals surface area contributed by atoms with Crippen molar-refractivity contribution in [3.05, 3.63) is 17.5 Å². The molecule has 6 nitrogen and oxygen atoms in total. The molecule has 0 aliphatic rings. The summed E-state index contributed by atoms with van der Waals surface area (Å²) in [5, 5.41) is 14.9. The lowest BCUT2D eigenvalue weighted by molar-refractivity contribution is -0.137. The van der Waals surface area contributed by atoms with Crippen molar-refractivity contribution in [3.63, 3.8) is 0 Å². The maximum atomic E-state index is 11.7. The van der Waals surface area contributed by atoms with Crippen molar-refractivity contribution in [1.29, 1.82) is 0 Å². The second-order valence-electron chi connectivity index (χ2n) is 3.88. The molecule has 0 radical (unpaired) electrons. The summed E-state index contributed by atoms with van der Waals surface area (Å²) in [5.41, 5.74) is 0.175. The van der Waals surface area contributed by atoms with Crippen molar-refractivity contribution in [2.24, 2.45) is 0 Å². The van der Waals surface area contributed by atoms with Crippen LogP contribution in [0.25, 0.3) is 0 Å². The van der Waals surface area contributed by atoms with E-state index in [-0.39, 0.29) is 18.2 Å². The molecular formula is C11H16N2O4. The van der Waals surface area contributed by atoms with E-state index < -0.39 is 11.9 Å². The Bertz CT molecular complexity index is 400. The predicted molar refractivity (Wildman–Crippen MR) is 59.7 cm³/mol. The number of hydrogen-bond donors (Lipinski definition) is 2. The fraction of sp³-hybridized carbons (Fsp3) is 0.545. The number of nitrogens with zero attached hydrogens (tertiary/aromatic N) is 1. The van der Waals surface area contributed by atoms with Gasteiger partial charge in [-0.05, 0) is 13.3 Å². The third-order valence-electron chi connectivity index (χ3n) is 2.25. The molecule has 0 aliphatic heterocycles. The van der Waals surface area contributed by atoms with E-state index in [2.05, 4.69) is 10.5 Å². The summed E-state index contributed by atoms with van der Waals surface area (Å²) in [5.74, 6) is -0.790. The van der Waals surface area contributed by atoms with Gasteiger partial charge in [-0.2, -0.15) is 0 Å². The standard InChI is InChI=1S/C11H16N2O4/c1-3-4-8(6-10(14)15)12-11(16)9-5-7(2)17-13-9/h5,8H,3-4,6H2,1-2H3,(H,12,16)(H,14,15). The number of aliphatic carboxylic acids is 1. The molecule has 2 N–H and O–H groups in total. The fourth-order valence-electron chi connectivity index (χ4n) is 1.52. The van der Waals surface area contributed by atoms with E-state index in [1.165, 1.54) is 6.07 Å². The van der Waals surface area contributed by atoms with Crippen LogP contribution in [0, 0.1) is 6.92 Å². The van der Waals surface area contributed by atoms with Gasteiger partial charge in [-0.15, -0.1) is 0 Å². The Morgan fingerprint density at radius 2 is 2.29 bits per heavy atom. The Labute approximate surface area is 99.0 Å². The highest BCUT2D eigenvalue weighted by Crippen LogP contribution is 2.06. The summed E-state index contributed by atoms with van der Waals surface area (Å²) >= 11 is 0. The van der Waals surface area contributed by atoms with Crippen molar-refractivity contribution in [3.8, 4) is 0 Å². The normalized spacial score (nSPS) is 12.1. The molecule has 0 saturated carbocycles. The van der Waals surface area contributed by atoms with E-state index in [1.807, 2.05) is 6.92 Å². The second-order valence-corrected chi connectivity index (χ2v) is 3.88. The Morgan fingerprint density at radius 1 is 1.59 bits per heavy atom. The number of carboxylic acids is 1. The van der Waals surface area contributed by atoms with E-state index in [1.54, 1.807) is 6.92 Å². The van der Waals surface area contributed by atoms with E-state index in [4.69, 9.17) is 9.63 Å². The molecule has 0 spiro atoms. The molecule has 0 aromatic carbocycles. The maximum Gasteiger partial charge on any atom is 0.305 e. The molecule has 1 unspecified atom stereocenters. The van der Waals surface area contributed by atoms with Crippen molar-refractivity contribution in [1.82, 2.24) is 10.5 Å². The number of aromatic nitrogens is 1. The summed E-state index contributed by atoms with van der Waals surface area (Å²) in [7, 11) is 0. The van der Waals surface area contributed by atoms with Crippen molar-refractivity contribution >= 4 is 11.9 Å². The Morgan fingerprint density at radius 3 is 2.76 bits per heavy atom. The molecule has 1 amide bonds. The molecule has 1 aromatic rings. The average Bonchev–Trinajstić information content (AvgIpc) is 2.64. The molecule has 94 valence electrons. The van der Waals surface area contributed by atoms with Gasteiger partial charge in [0.15, 0.2) is 5.69 Å². The van der Waals surface area contributed by atoms with Crippen LogP contribution in [0.15, 0.2) is 10.6 Å². The molecule has 6 heteroatoms. The number of carbonyl (C=O) groups is 2. The SMILES string of the molecule is CCCC(CC(=O)O)NC(=O)c1cc(C)on1. The second kappa shape index (κ2) is 6.03. The van der Waals surface area contributed by atoms with Crippen LogP contribution in [0.4, 0.5) is 0 Å². The van der Waals surface area contributed by atoms with Crippen LogP contribution in [0.3, 0.4) is 0 Å². The van der Waals surface area contributed by atoms with Crippen LogP contribution < -0.4 is 5.32 Å². The number of rotatable bonds is 6. The van der Waals surface area contributed by atoms with Crippen LogP contribution in [0.5, 0.6) is 0 Å². The van der Waals surface area contributed by atoms with Gasteiger partial charge in [0, 0.05) is 12.1 Å². The van der Waals surface area contributed by atoms with Gasteiger partial charge >= 0.3 is 5.97 Å². The lowest BCUT2D eigenvalue weighted by Gasteiger charge is -2.14. The molecule has 0 aliphatic carbocycles. The summed E-state index contributed by atoms with van der Waals surface area (Å²) in [6.45, 7) is 3.62. The Balaban J connectivity index is 2.60. The van der Waals surface area contributed by atoms with Gasteiger partial charge in [-0.1, -0.05) is 18.5 Å². The molecule has 1 aromatic heterocycles. The Hall–Kier alpha value is -1.85. The molecule has 0 fully saturated rings. The highest BCUT2D eigenvalue weighted by molar-refractivity contribution is 5.92. The average molecular weight is 240 g/mol. The van der Waals surface area contributed by atoms with Gasteiger partial charge in [0.2, 0.25) is 0 Å². The van der Waals surface area contributed by atoms with E-state index >= 15 is 0 Å². The number of carboxylic acid groups (broad SMARTS) is 1. The van der Waals surface area contributed by atoms with Crippen LogP contribution in [0.1, 0.15) is 42.4 Å². The maximum absolute atomic E-state index is 11.7. The van der Waals surface area contributed by atoms with Gasteiger partial charge in [0.05, 0.1) is 6.42 Å². The molecule has 1 atom stereocenters. The van der Waals surface area contributed by atoms with Crippen LogP contribution >= 0.6 is 0 Å². The Kier molecular flexibility index (Phi) is 4.68. The zero-order valence-electron chi connectivity index (χ0n) is 9.90. The molecule has 0 saturated heterocycles. The zero-order chi connectivity index (χ0) is 12.8. The third-order valence-corrected chi connectivity index (χ3v) is 2.25. The lowest BCUT2D eigenvalue weighted by Crippen LogP contribution is -2.36. The van der Waals surface area contributed by atoms with Crippen LogP contribution in [0.2, 0.25) is 0 Å². The fourth-order valence-corrected chi connectivity index (χ4v) is 1.52. The highest BCUT2D eigenvalue weighted by Gasteiger charge is 2.18. The molecule has 1 rings (SSSR count). The minimum absolute atomic E-state index is 0.0869. The first-order valence-corrected chi connectivity index (χ1v) is 5.49. The number of amides is 1. The number of hydrogen-bond acceptors (Lipinski definition) is 4. The summed E-state index contributed by atoms with van der Waals surface area (Å²) in [6, 6.07) is 1.14. The molecule has 0 bridgehead atoms. The minimum Gasteiger partial charge on any atom is -0.481 e. The van der Waals surface area contributed by atoms with Gasteiger partial charge < -0.3 is 14.9 Å². The van der Waals surface area contributed by atoms with Gasteiger partial charge in [0.25, 0.3) is 5.91 Å². The van der Waals surface area contributed by atoms with E-state index in [9.17, 15) is 9.59 Å². The largest absolute Gasteiger partial charge is 0.481 e. The lowest BCUT2D eigenvalue weighted by atomic mass is 10.1. The summed E-state index contributed by atoms with van der Waals surface area (Å²) in [4.78, 5) is 22.3. The highest BCUT2D eigenvalue weighted by atomic mass is 16.5.